The number of rotatable bonds is 6. The van der Waals surface area contributed by atoms with Gasteiger partial charge in [0.25, 0.3) is 5.56 Å². The summed E-state index contributed by atoms with van der Waals surface area (Å²) in [6.45, 7) is -0.0605. The second-order valence-corrected chi connectivity index (χ2v) is 4.68. The van der Waals surface area contributed by atoms with E-state index in [2.05, 4.69) is 10.3 Å². The molecule has 0 aliphatic carbocycles. The predicted molar refractivity (Wildman–Crippen MR) is 78.7 cm³/mol. The highest BCUT2D eigenvalue weighted by molar-refractivity contribution is 5.78. The fourth-order valence-electron chi connectivity index (χ4n) is 2.01. The van der Waals surface area contributed by atoms with E-state index in [0.717, 1.165) is 4.57 Å². The summed E-state index contributed by atoms with van der Waals surface area (Å²) in [5.41, 5.74) is -0.598. The van der Waals surface area contributed by atoms with Crippen molar-refractivity contribution in [1.82, 2.24) is 14.9 Å². The van der Waals surface area contributed by atoms with Crippen LogP contribution in [-0.4, -0.2) is 33.1 Å². The van der Waals surface area contributed by atoms with Crippen molar-refractivity contribution in [2.45, 2.75) is 19.4 Å². The Balaban J connectivity index is 2.09. The van der Waals surface area contributed by atoms with Crippen LogP contribution in [0.5, 0.6) is 0 Å². The van der Waals surface area contributed by atoms with Crippen molar-refractivity contribution in [3.8, 4) is 0 Å². The predicted octanol–water partition coefficient (Wildman–Crippen LogP) is -0.329. The minimum Gasteiger partial charge on any atom is -0.481 e. The summed E-state index contributed by atoms with van der Waals surface area (Å²) in [7, 11) is 0. The van der Waals surface area contributed by atoms with Gasteiger partial charge in [0.2, 0.25) is 5.91 Å². The maximum atomic E-state index is 12.2. The van der Waals surface area contributed by atoms with Crippen LogP contribution in [0.1, 0.15) is 12.8 Å². The Kier molecular flexibility index (Phi) is 4.72. The molecule has 0 atom stereocenters. The topological polar surface area (TPSA) is 121 Å². The summed E-state index contributed by atoms with van der Waals surface area (Å²) in [5.74, 6) is -1.43. The molecular weight excluding hydrogens is 290 g/mol. The monoisotopic (exact) mass is 305 g/mol. The standard InChI is InChI=1S/C14H15N3O5/c18-11(15-7-5-12(19)20)6-8-17-13(21)9-3-1-2-4-10(9)16-14(17)22/h1-4H,5-8H2,(H,15,18)(H,16,22)(H,19,20). The summed E-state index contributed by atoms with van der Waals surface area (Å²) < 4.78 is 0.957. The number of H-pyrrole nitrogens is 1. The molecule has 1 aromatic heterocycles. The van der Waals surface area contributed by atoms with E-state index in [1.54, 1.807) is 24.3 Å². The number of carbonyl (C=O) groups excluding carboxylic acids is 1. The van der Waals surface area contributed by atoms with Crippen molar-refractivity contribution in [3.05, 3.63) is 45.1 Å². The van der Waals surface area contributed by atoms with Crippen molar-refractivity contribution in [2.24, 2.45) is 0 Å². The van der Waals surface area contributed by atoms with Gasteiger partial charge in [-0.3, -0.25) is 19.0 Å². The second kappa shape index (κ2) is 6.70. The van der Waals surface area contributed by atoms with Gasteiger partial charge in [0.1, 0.15) is 0 Å². The molecule has 8 nitrogen and oxygen atoms in total. The Bertz CT molecular complexity index is 821. The molecule has 0 saturated heterocycles. The number of para-hydroxylation sites is 1. The first kappa shape index (κ1) is 15.5. The molecule has 22 heavy (non-hydrogen) atoms. The minimum absolute atomic E-state index is 0.0111. The first-order valence-corrected chi connectivity index (χ1v) is 6.69. The Morgan fingerprint density at radius 3 is 2.64 bits per heavy atom. The number of carboxylic acid groups (broad SMARTS) is 1. The first-order chi connectivity index (χ1) is 10.5. The lowest BCUT2D eigenvalue weighted by molar-refractivity contribution is -0.136. The van der Waals surface area contributed by atoms with Gasteiger partial charge in [-0.15, -0.1) is 0 Å². The maximum absolute atomic E-state index is 12.2. The molecule has 0 spiro atoms. The lowest BCUT2D eigenvalue weighted by Crippen LogP contribution is -2.37. The fraction of sp³-hybridized carbons (Fsp3) is 0.286. The third kappa shape index (κ3) is 3.60. The van der Waals surface area contributed by atoms with Crippen LogP contribution in [0.3, 0.4) is 0 Å². The van der Waals surface area contributed by atoms with E-state index < -0.39 is 23.1 Å². The molecular formula is C14H15N3O5. The molecule has 2 rings (SSSR count). The zero-order valence-corrected chi connectivity index (χ0v) is 11.7. The number of nitrogens with one attached hydrogen (secondary N) is 2. The SMILES string of the molecule is O=C(O)CCNC(=O)CCn1c(=O)[nH]c2ccccc2c1=O. The third-order valence-electron chi connectivity index (χ3n) is 3.11. The summed E-state index contributed by atoms with van der Waals surface area (Å²) >= 11 is 0. The molecule has 0 fully saturated rings. The van der Waals surface area contributed by atoms with Gasteiger partial charge < -0.3 is 15.4 Å². The van der Waals surface area contributed by atoms with Gasteiger partial charge in [-0.25, -0.2) is 4.79 Å². The number of amides is 1. The average molecular weight is 305 g/mol. The fourth-order valence-corrected chi connectivity index (χ4v) is 2.01. The van der Waals surface area contributed by atoms with Gasteiger partial charge in [-0.1, -0.05) is 12.1 Å². The van der Waals surface area contributed by atoms with Crippen molar-refractivity contribution in [2.75, 3.05) is 6.54 Å². The largest absolute Gasteiger partial charge is 0.481 e. The Morgan fingerprint density at radius 2 is 1.91 bits per heavy atom. The van der Waals surface area contributed by atoms with E-state index in [-0.39, 0.29) is 25.9 Å². The van der Waals surface area contributed by atoms with E-state index in [1.807, 2.05) is 0 Å². The highest BCUT2D eigenvalue weighted by atomic mass is 16.4. The third-order valence-corrected chi connectivity index (χ3v) is 3.11. The number of benzene rings is 1. The number of nitrogens with zero attached hydrogens (tertiary/aromatic N) is 1. The Labute approximate surface area is 124 Å². The summed E-state index contributed by atoms with van der Waals surface area (Å²) in [6.07, 6.45) is -0.261. The van der Waals surface area contributed by atoms with Crippen LogP contribution in [0.15, 0.2) is 33.9 Å². The Morgan fingerprint density at radius 1 is 1.18 bits per heavy atom. The van der Waals surface area contributed by atoms with Crippen LogP contribution in [0.2, 0.25) is 0 Å². The molecule has 0 radical (unpaired) electrons. The van der Waals surface area contributed by atoms with Gasteiger partial charge in [-0.2, -0.15) is 0 Å². The van der Waals surface area contributed by atoms with E-state index >= 15 is 0 Å². The number of fused-ring (bicyclic) bond motifs is 1. The Hall–Kier alpha value is -2.90. The first-order valence-electron chi connectivity index (χ1n) is 6.69. The number of hydrogen-bond donors (Lipinski definition) is 3. The zero-order valence-electron chi connectivity index (χ0n) is 11.7. The number of aliphatic carboxylic acids is 1. The van der Waals surface area contributed by atoms with Crippen molar-refractivity contribution < 1.29 is 14.7 Å². The van der Waals surface area contributed by atoms with Crippen LogP contribution in [0.25, 0.3) is 10.9 Å². The van der Waals surface area contributed by atoms with Crippen LogP contribution in [0, 0.1) is 0 Å². The number of carbonyl (C=O) groups is 2. The molecule has 0 bridgehead atoms. The van der Waals surface area contributed by atoms with Crippen LogP contribution < -0.4 is 16.6 Å². The highest BCUT2D eigenvalue weighted by Crippen LogP contribution is 2.02. The number of carboxylic acids is 1. The highest BCUT2D eigenvalue weighted by Gasteiger charge is 2.09. The maximum Gasteiger partial charge on any atom is 0.328 e. The van der Waals surface area contributed by atoms with E-state index in [9.17, 15) is 19.2 Å². The summed E-state index contributed by atoms with van der Waals surface area (Å²) in [6, 6.07) is 6.61. The minimum atomic E-state index is -1.01. The van der Waals surface area contributed by atoms with Gasteiger partial charge in [0.05, 0.1) is 17.3 Å². The lowest BCUT2D eigenvalue weighted by atomic mass is 10.2. The summed E-state index contributed by atoms with van der Waals surface area (Å²) in [4.78, 5) is 48.5. The molecule has 0 aliphatic rings. The van der Waals surface area contributed by atoms with E-state index in [4.69, 9.17) is 5.11 Å². The molecule has 3 N–H and O–H groups in total. The second-order valence-electron chi connectivity index (χ2n) is 4.68. The molecule has 0 saturated carbocycles. The van der Waals surface area contributed by atoms with E-state index in [1.165, 1.54) is 0 Å². The molecule has 2 aromatic rings. The average Bonchev–Trinajstić information content (AvgIpc) is 2.46. The van der Waals surface area contributed by atoms with Gasteiger partial charge in [-0.05, 0) is 12.1 Å². The normalized spacial score (nSPS) is 10.5. The van der Waals surface area contributed by atoms with Gasteiger partial charge in [0, 0.05) is 19.5 Å². The van der Waals surface area contributed by atoms with Gasteiger partial charge >= 0.3 is 11.7 Å². The lowest BCUT2D eigenvalue weighted by Gasteiger charge is -2.07. The van der Waals surface area contributed by atoms with Crippen LogP contribution in [0.4, 0.5) is 0 Å². The smallest absolute Gasteiger partial charge is 0.328 e. The molecule has 1 heterocycles. The van der Waals surface area contributed by atoms with Crippen molar-refractivity contribution >= 4 is 22.8 Å². The van der Waals surface area contributed by atoms with Crippen LogP contribution >= 0.6 is 0 Å². The van der Waals surface area contributed by atoms with Gasteiger partial charge in [0.15, 0.2) is 0 Å². The van der Waals surface area contributed by atoms with E-state index in [0.29, 0.717) is 10.9 Å². The van der Waals surface area contributed by atoms with Crippen LogP contribution in [-0.2, 0) is 16.1 Å². The summed E-state index contributed by atoms with van der Waals surface area (Å²) in [5, 5.41) is 11.2. The molecule has 1 amide bonds. The molecule has 116 valence electrons. The molecule has 8 heteroatoms. The number of aromatic amines is 1. The molecule has 0 aliphatic heterocycles. The zero-order chi connectivity index (χ0) is 16.1. The number of aromatic nitrogens is 2. The molecule has 1 aromatic carbocycles. The number of hydrogen-bond acceptors (Lipinski definition) is 4. The quantitative estimate of drug-likeness (QED) is 0.674. The van der Waals surface area contributed by atoms with Crippen molar-refractivity contribution in [3.63, 3.8) is 0 Å². The molecule has 0 unspecified atom stereocenters. The van der Waals surface area contributed by atoms with Crippen molar-refractivity contribution in [1.29, 1.82) is 0 Å².